The van der Waals surface area contributed by atoms with Crippen molar-refractivity contribution in [2.45, 2.75) is 25.8 Å². The van der Waals surface area contributed by atoms with Gasteiger partial charge in [0.2, 0.25) is 5.91 Å². The zero-order valence-corrected chi connectivity index (χ0v) is 10.6. The Labute approximate surface area is 106 Å². The molecule has 1 aliphatic heterocycles. The molecule has 1 unspecified atom stereocenters. The summed E-state index contributed by atoms with van der Waals surface area (Å²) in [6.45, 7) is 2.34. The van der Waals surface area contributed by atoms with Crippen molar-refractivity contribution in [2.24, 2.45) is 0 Å². The number of likely N-dealkylation sites (tertiary alicyclic amines) is 1. The lowest BCUT2D eigenvalue weighted by Gasteiger charge is -2.22. The van der Waals surface area contributed by atoms with Crippen LogP contribution in [-0.4, -0.2) is 35.3 Å². The van der Waals surface area contributed by atoms with Gasteiger partial charge in [-0.25, -0.2) is 4.98 Å². The van der Waals surface area contributed by atoms with Gasteiger partial charge in [-0.15, -0.1) is 0 Å². The molecule has 0 aromatic carbocycles. The number of carbonyl (C=O) groups excluding carboxylic acids is 2. The first-order valence-corrected chi connectivity index (χ1v) is 6.09. The summed E-state index contributed by atoms with van der Waals surface area (Å²) in [4.78, 5) is 29.2. The lowest BCUT2D eigenvalue weighted by Crippen LogP contribution is -2.29. The highest BCUT2D eigenvalue weighted by atomic mass is 16.2. The molecule has 96 valence electrons. The smallest absolute Gasteiger partial charge is 0.269 e. The number of pyridine rings is 1. The second kappa shape index (κ2) is 5.16. The minimum atomic E-state index is -0.204. The predicted molar refractivity (Wildman–Crippen MR) is 67.0 cm³/mol. The maximum atomic E-state index is 11.5. The van der Waals surface area contributed by atoms with Crippen LogP contribution >= 0.6 is 0 Å². The SMILES string of the molecule is CNC(=O)c1cccc(C2CCCN2C(C)=O)n1. The third-order valence-electron chi connectivity index (χ3n) is 3.23. The number of nitrogens with zero attached hydrogens (tertiary/aromatic N) is 2. The van der Waals surface area contributed by atoms with Crippen molar-refractivity contribution in [3.8, 4) is 0 Å². The quantitative estimate of drug-likeness (QED) is 0.852. The molecule has 2 rings (SSSR count). The Bertz CT molecular complexity index is 473. The van der Waals surface area contributed by atoms with E-state index in [0.29, 0.717) is 5.69 Å². The molecule has 1 aliphatic rings. The van der Waals surface area contributed by atoms with Gasteiger partial charge in [-0.3, -0.25) is 9.59 Å². The molecule has 0 aliphatic carbocycles. The highest BCUT2D eigenvalue weighted by Crippen LogP contribution is 2.30. The molecule has 1 N–H and O–H groups in total. The monoisotopic (exact) mass is 247 g/mol. The average molecular weight is 247 g/mol. The van der Waals surface area contributed by atoms with Crippen LogP contribution < -0.4 is 5.32 Å². The molecule has 1 saturated heterocycles. The molecule has 0 saturated carbocycles. The van der Waals surface area contributed by atoms with Crippen LogP contribution in [0.5, 0.6) is 0 Å². The van der Waals surface area contributed by atoms with Crippen molar-refractivity contribution in [1.82, 2.24) is 15.2 Å². The third-order valence-corrected chi connectivity index (χ3v) is 3.23. The average Bonchev–Trinajstić information content (AvgIpc) is 2.87. The van der Waals surface area contributed by atoms with Crippen LogP contribution in [0.4, 0.5) is 0 Å². The molecule has 5 nitrogen and oxygen atoms in total. The highest BCUT2D eigenvalue weighted by molar-refractivity contribution is 5.92. The zero-order valence-electron chi connectivity index (χ0n) is 10.6. The van der Waals surface area contributed by atoms with Crippen LogP contribution in [0.1, 0.15) is 42.0 Å². The molecule has 2 amide bonds. The first-order chi connectivity index (χ1) is 8.63. The minimum absolute atomic E-state index is 0.00658. The Balaban J connectivity index is 2.28. The van der Waals surface area contributed by atoms with Gasteiger partial charge in [-0.1, -0.05) is 6.07 Å². The van der Waals surface area contributed by atoms with E-state index in [1.165, 1.54) is 0 Å². The number of rotatable bonds is 2. The van der Waals surface area contributed by atoms with Crippen molar-refractivity contribution < 1.29 is 9.59 Å². The zero-order chi connectivity index (χ0) is 13.1. The second-order valence-electron chi connectivity index (χ2n) is 4.40. The van der Waals surface area contributed by atoms with Gasteiger partial charge in [0.25, 0.3) is 5.91 Å². The lowest BCUT2D eigenvalue weighted by molar-refractivity contribution is -0.129. The number of hydrogen-bond donors (Lipinski definition) is 1. The molecule has 2 heterocycles. The predicted octanol–water partition coefficient (Wildman–Crippen LogP) is 1.12. The van der Waals surface area contributed by atoms with Crippen molar-refractivity contribution >= 4 is 11.8 Å². The van der Waals surface area contributed by atoms with Crippen LogP contribution in [0.15, 0.2) is 18.2 Å². The van der Waals surface area contributed by atoms with E-state index >= 15 is 0 Å². The standard InChI is InChI=1S/C13H17N3O2/c1-9(17)16-8-4-7-12(16)10-5-3-6-11(15-10)13(18)14-2/h3,5-6,12H,4,7-8H2,1-2H3,(H,14,18). The van der Waals surface area contributed by atoms with E-state index in [1.54, 1.807) is 20.0 Å². The number of hydrogen-bond acceptors (Lipinski definition) is 3. The van der Waals surface area contributed by atoms with Crippen molar-refractivity contribution in [2.75, 3.05) is 13.6 Å². The molecular weight excluding hydrogens is 230 g/mol. The first kappa shape index (κ1) is 12.5. The van der Waals surface area contributed by atoms with E-state index in [4.69, 9.17) is 0 Å². The Morgan fingerprint density at radius 3 is 2.89 bits per heavy atom. The molecule has 18 heavy (non-hydrogen) atoms. The number of nitrogens with one attached hydrogen (secondary N) is 1. The Hall–Kier alpha value is -1.91. The molecule has 1 atom stereocenters. The normalized spacial score (nSPS) is 18.8. The molecule has 0 spiro atoms. The van der Waals surface area contributed by atoms with Crippen LogP contribution in [0.2, 0.25) is 0 Å². The van der Waals surface area contributed by atoms with Gasteiger partial charge in [0, 0.05) is 20.5 Å². The Kier molecular flexibility index (Phi) is 3.60. The fraction of sp³-hybridized carbons (Fsp3) is 0.462. The van der Waals surface area contributed by atoms with Gasteiger partial charge in [0.1, 0.15) is 5.69 Å². The molecule has 0 bridgehead atoms. The highest BCUT2D eigenvalue weighted by Gasteiger charge is 2.29. The summed E-state index contributed by atoms with van der Waals surface area (Å²) < 4.78 is 0. The van der Waals surface area contributed by atoms with Gasteiger partial charge in [-0.2, -0.15) is 0 Å². The van der Waals surface area contributed by atoms with Crippen molar-refractivity contribution in [3.63, 3.8) is 0 Å². The summed E-state index contributed by atoms with van der Waals surface area (Å²) >= 11 is 0. The molecule has 5 heteroatoms. The summed E-state index contributed by atoms with van der Waals surface area (Å²) in [5.74, 6) is -0.145. The fourth-order valence-electron chi connectivity index (χ4n) is 2.34. The lowest BCUT2D eigenvalue weighted by atomic mass is 10.1. The van der Waals surface area contributed by atoms with Crippen LogP contribution in [-0.2, 0) is 4.79 Å². The first-order valence-electron chi connectivity index (χ1n) is 6.09. The number of carbonyl (C=O) groups is 2. The summed E-state index contributed by atoms with van der Waals surface area (Å²) in [5, 5.41) is 2.55. The van der Waals surface area contributed by atoms with Crippen molar-refractivity contribution in [3.05, 3.63) is 29.6 Å². The van der Waals surface area contributed by atoms with Gasteiger partial charge in [0.15, 0.2) is 0 Å². The van der Waals surface area contributed by atoms with Crippen molar-refractivity contribution in [1.29, 1.82) is 0 Å². The van der Waals surface area contributed by atoms with E-state index in [9.17, 15) is 9.59 Å². The van der Waals surface area contributed by atoms with Gasteiger partial charge >= 0.3 is 0 Å². The number of aromatic nitrogens is 1. The third kappa shape index (κ3) is 2.34. The van der Waals surface area contributed by atoms with Crippen LogP contribution in [0.25, 0.3) is 0 Å². The summed E-state index contributed by atoms with van der Waals surface area (Å²) in [7, 11) is 1.58. The second-order valence-corrected chi connectivity index (χ2v) is 4.40. The number of amides is 2. The topological polar surface area (TPSA) is 62.3 Å². The molecule has 1 aromatic heterocycles. The van der Waals surface area contributed by atoms with Crippen LogP contribution in [0, 0.1) is 0 Å². The summed E-state index contributed by atoms with van der Waals surface area (Å²) in [5.41, 5.74) is 1.19. The summed E-state index contributed by atoms with van der Waals surface area (Å²) in [6, 6.07) is 5.37. The fourth-order valence-corrected chi connectivity index (χ4v) is 2.34. The molecular formula is C13H17N3O2. The molecule has 1 aromatic rings. The molecule has 0 radical (unpaired) electrons. The minimum Gasteiger partial charge on any atom is -0.354 e. The summed E-state index contributed by atoms with van der Waals surface area (Å²) in [6.07, 6.45) is 1.89. The van der Waals surface area contributed by atoms with Crippen LogP contribution in [0.3, 0.4) is 0 Å². The van der Waals surface area contributed by atoms with E-state index in [2.05, 4.69) is 10.3 Å². The largest absolute Gasteiger partial charge is 0.354 e. The van der Waals surface area contributed by atoms with E-state index in [0.717, 1.165) is 25.1 Å². The van der Waals surface area contributed by atoms with E-state index in [-0.39, 0.29) is 17.9 Å². The maximum absolute atomic E-state index is 11.5. The Morgan fingerprint density at radius 1 is 1.44 bits per heavy atom. The van der Waals surface area contributed by atoms with Gasteiger partial charge in [-0.05, 0) is 25.0 Å². The Morgan fingerprint density at radius 2 is 2.22 bits per heavy atom. The van der Waals surface area contributed by atoms with E-state index < -0.39 is 0 Å². The van der Waals surface area contributed by atoms with Gasteiger partial charge in [0.05, 0.1) is 11.7 Å². The van der Waals surface area contributed by atoms with E-state index in [1.807, 2.05) is 17.0 Å². The molecule has 1 fully saturated rings. The maximum Gasteiger partial charge on any atom is 0.269 e. The van der Waals surface area contributed by atoms with Gasteiger partial charge < -0.3 is 10.2 Å².